The van der Waals surface area contributed by atoms with E-state index < -0.39 is 32.7 Å². The van der Waals surface area contributed by atoms with E-state index in [9.17, 15) is 17.6 Å². The van der Waals surface area contributed by atoms with E-state index in [1.54, 1.807) is 24.3 Å². The molecule has 0 aliphatic rings. The second-order valence-corrected chi connectivity index (χ2v) is 7.82. The van der Waals surface area contributed by atoms with E-state index in [1.807, 2.05) is 13.0 Å². The first-order valence-corrected chi connectivity index (χ1v) is 10.6. The van der Waals surface area contributed by atoms with E-state index in [1.165, 1.54) is 12.1 Å². The first-order valence-electron chi connectivity index (χ1n) is 9.10. The summed E-state index contributed by atoms with van der Waals surface area (Å²) in [6, 6.07) is 13.0. The predicted molar refractivity (Wildman–Crippen MR) is 105 cm³/mol. The zero-order valence-corrected chi connectivity index (χ0v) is 16.5. The zero-order valence-electron chi connectivity index (χ0n) is 15.7. The highest BCUT2D eigenvalue weighted by Crippen LogP contribution is 2.15. The van der Waals surface area contributed by atoms with Crippen LogP contribution in [-0.4, -0.2) is 40.1 Å². The fourth-order valence-electron chi connectivity index (χ4n) is 2.60. The SMILES string of the molecule is CCOCCCNC(=O)C(Cc1ccccc1)NS(=O)(=O)c1ccccc1F. The van der Waals surface area contributed by atoms with Crippen molar-refractivity contribution < 1.29 is 22.3 Å². The second kappa shape index (κ2) is 10.9. The summed E-state index contributed by atoms with van der Waals surface area (Å²) in [5, 5.41) is 2.71. The van der Waals surface area contributed by atoms with Gasteiger partial charge < -0.3 is 10.1 Å². The number of ether oxygens (including phenoxy) is 1. The Bertz CT molecular complexity index is 860. The van der Waals surface area contributed by atoms with E-state index in [0.717, 1.165) is 17.7 Å². The van der Waals surface area contributed by atoms with Crippen molar-refractivity contribution in [3.8, 4) is 0 Å². The Morgan fingerprint density at radius 2 is 1.79 bits per heavy atom. The minimum atomic E-state index is -4.21. The van der Waals surface area contributed by atoms with Crippen LogP contribution in [0.1, 0.15) is 18.9 Å². The van der Waals surface area contributed by atoms with Gasteiger partial charge in [0, 0.05) is 19.8 Å². The van der Waals surface area contributed by atoms with Gasteiger partial charge in [0.1, 0.15) is 16.8 Å². The number of carbonyl (C=O) groups excluding carboxylic acids is 1. The average molecular weight is 408 g/mol. The summed E-state index contributed by atoms with van der Waals surface area (Å²) in [5.41, 5.74) is 0.785. The Morgan fingerprint density at radius 3 is 2.46 bits per heavy atom. The molecule has 0 saturated heterocycles. The Hall–Kier alpha value is -2.29. The van der Waals surface area contributed by atoms with Crippen molar-refractivity contribution in [2.45, 2.75) is 30.7 Å². The number of halogens is 1. The van der Waals surface area contributed by atoms with Gasteiger partial charge in [0.25, 0.3) is 0 Å². The molecule has 0 aromatic heterocycles. The van der Waals surface area contributed by atoms with Crippen LogP contribution in [0, 0.1) is 5.82 Å². The summed E-state index contributed by atoms with van der Waals surface area (Å²) in [5.74, 6) is -1.34. The Kier molecular flexibility index (Phi) is 8.56. The minimum absolute atomic E-state index is 0.145. The molecule has 0 spiro atoms. The summed E-state index contributed by atoms with van der Waals surface area (Å²) in [6.45, 7) is 3.33. The molecule has 0 saturated carbocycles. The molecule has 0 fully saturated rings. The van der Waals surface area contributed by atoms with Gasteiger partial charge in [-0.15, -0.1) is 0 Å². The van der Waals surface area contributed by atoms with Crippen LogP contribution in [-0.2, 0) is 26.0 Å². The highest BCUT2D eigenvalue weighted by atomic mass is 32.2. The van der Waals surface area contributed by atoms with Crippen molar-refractivity contribution in [2.24, 2.45) is 0 Å². The molecular weight excluding hydrogens is 383 g/mol. The molecule has 0 aliphatic carbocycles. The summed E-state index contributed by atoms with van der Waals surface area (Å²) >= 11 is 0. The molecule has 0 bridgehead atoms. The standard InChI is InChI=1S/C20H25FN2O4S/c1-2-27-14-8-13-22-20(24)18(15-16-9-4-3-5-10-16)23-28(25,26)19-12-7-6-11-17(19)21/h3-7,9-12,18,23H,2,8,13-15H2,1H3,(H,22,24). The van der Waals surface area contributed by atoms with Gasteiger partial charge in [-0.25, -0.2) is 12.8 Å². The molecule has 0 heterocycles. The molecule has 2 aromatic rings. The fraction of sp³-hybridized carbons (Fsp3) is 0.350. The third-order valence-electron chi connectivity index (χ3n) is 3.99. The van der Waals surface area contributed by atoms with Gasteiger partial charge in [-0.2, -0.15) is 4.72 Å². The van der Waals surface area contributed by atoms with Crippen molar-refractivity contribution in [3.05, 3.63) is 66.0 Å². The van der Waals surface area contributed by atoms with Crippen molar-refractivity contribution in [1.82, 2.24) is 10.0 Å². The molecule has 152 valence electrons. The molecule has 1 atom stereocenters. The lowest BCUT2D eigenvalue weighted by atomic mass is 10.1. The predicted octanol–water partition coefficient (Wildman–Crippen LogP) is 2.26. The maximum Gasteiger partial charge on any atom is 0.244 e. The normalized spacial score (nSPS) is 12.5. The quantitative estimate of drug-likeness (QED) is 0.559. The van der Waals surface area contributed by atoms with Crippen molar-refractivity contribution in [1.29, 1.82) is 0 Å². The molecule has 28 heavy (non-hydrogen) atoms. The van der Waals surface area contributed by atoms with Crippen LogP contribution < -0.4 is 10.0 Å². The van der Waals surface area contributed by atoms with Crippen molar-refractivity contribution in [3.63, 3.8) is 0 Å². The number of nitrogens with one attached hydrogen (secondary N) is 2. The highest BCUT2D eigenvalue weighted by Gasteiger charge is 2.27. The van der Waals surface area contributed by atoms with Gasteiger partial charge in [-0.1, -0.05) is 42.5 Å². The van der Waals surface area contributed by atoms with Crippen LogP contribution in [0.2, 0.25) is 0 Å². The number of carbonyl (C=O) groups is 1. The topological polar surface area (TPSA) is 84.5 Å². The Labute approximate surface area is 165 Å². The van der Waals surface area contributed by atoms with Crippen LogP contribution in [0.4, 0.5) is 4.39 Å². The lowest BCUT2D eigenvalue weighted by Crippen LogP contribution is -2.48. The number of benzene rings is 2. The Balaban J connectivity index is 2.13. The van der Waals surface area contributed by atoms with Crippen LogP contribution in [0.5, 0.6) is 0 Å². The molecule has 1 unspecified atom stereocenters. The molecule has 1 amide bonds. The van der Waals surface area contributed by atoms with Gasteiger partial charge in [0.2, 0.25) is 15.9 Å². The highest BCUT2D eigenvalue weighted by molar-refractivity contribution is 7.89. The maximum absolute atomic E-state index is 14.0. The van der Waals surface area contributed by atoms with Crippen LogP contribution >= 0.6 is 0 Å². The number of amides is 1. The third-order valence-corrected chi connectivity index (χ3v) is 5.50. The number of sulfonamides is 1. The summed E-state index contributed by atoms with van der Waals surface area (Å²) in [7, 11) is -4.21. The molecule has 8 heteroatoms. The first kappa shape index (κ1) is 22.0. The molecule has 0 radical (unpaired) electrons. The van der Waals surface area contributed by atoms with Gasteiger partial charge >= 0.3 is 0 Å². The van der Waals surface area contributed by atoms with Gasteiger partial charge in [-0.3, -0.25) is 4.79 Å². The van der Waals surface area contributed by atoms with Crippen LogP contribution in [0.3, 0.4) is 0 Å². The third kappa shape index (κ3) is 6.70. The van der Waals surface area contributed by atoms with Crippen molar-refractivity contribution in [2.75, 3.05) is 19.8 Å². The van der Waals surface area contributed by atoms with E-state index in [0.29, 0.717) is 26.2 Å². The van der Waals surface area contributed by atoms with E-state index >= 15 is 0 Å². The number of hydrogen-bond acceptors (Lipinski definition) is 4. The summed E-state index contributed by atoms with van der Waals surface area (Å²) in [4.78, 5) is 12.1. The van der Waals surface area contributed by atoms with Gasteiger partial charge in [-0.05, 0) is 37.5 Å². The smallest absolute Gasteiger partial charge is 0.244 e. The maximum atomic E-state index is 14.0. The Morgan fingerprint density at radius 1 is 1.11 bits per heavy atom. The van der Waals surface area contributed by atoms with E-state index in [2.05, 4.69) is 10.0 Å². The number of hydrogen-bond donors (Lipinski definition) is 2. The average Bonchev–Trinajstić information content (AvgIpc) is 2.68. The molecule has 0 aliphatic heterocycles. The van der Waals surface area contributed by atoms with Gasteiger partial charge in [0.15, 0.2) is 0 Å². The van der Waals surface area contributed by atoms with Crippen LogP contribution in [0.25, 0.3) is 0 Å². The molecular formula is C20H25FN2O4S. The van der Waals surface area contributed by atoms with Gasteiger partial charge in [0.05, 0.1) is 0 Å². The fourth-order valence-corrected chi connectivity index (χ4v) is 3.88. The van der Waals surface area contributed by atoms with E-state index in [4.69, 9.17) is 4.74 Å². The second-order valence-electron chi connectivity index (χ2n) is 6.14. The summed E-state index contributed by atoms with van der Waals surface area (Å²) in [6.07, 6.45) is 0.753. The largest absolute Gasteiger partial charge is 0.382 e. The summed E-state index contributed by atoms with van der Waals surface area (Å²) < 4.78 is 46.8. The lowest BCUT2D eigenvalue weighted by molar-refractivity contribution is -0.122. The monoisotopic (exact) mass is 408 g/mol. The zero-order chi connectivity index (χ0) is 20.4. The molecule has 6 nitrogen and oxygen atoms in total. The first-order chi connectivity index (χ1) is 13.4. The molecule has 2 N–H and O–H groups in total. The van der Waals surface area contributed by atoms with Crippen LogP contribution in [0.15, 0.2) is 59.5 Å². The minimum Gasteiger partial charge on any atom is -0.382 e. The molecule has 2 aromatic carbocycles. The number of rotatable bonds is 11. The molecule has 2 rings (SSSR count). The van der Waals surface area contributed by atoms with E-state index in [-0.39, 0.29) is 6.42 Å². The lowest BCUT2D eigenvalue weighted by Gasteiger charge is -2.19. The van der Waals surface area contributed by atoms with Crippen molar-refractivity contribution >= 4 is 15.9 Å².